The normalized spacial score (nSPS) is 11.0. The van der Waals surface area contributed by atoms with Crippen LogP contribution in [-0.4, -0.2) is 17.9 Å². The zero-order valence-electron chi connectivity index (χ0n) is 16.1. The molecule has 146 valence electrons. The number of nitro benzene ring substituents is 1. The molecule has 6 nitrogen and oxygen atoms in total. The molecule has 1 N–H and O–H groups in total. The third-order valence-corrected chi connectivity index (χ3v) is 4.44. The Kier molecular flexibility index (Phi) is 6.04. The van der Waals surface area contributed by atoms with Crippen LogP contribution in [0, 0.1) is 17.0 Å². The molecule has 0 atom stereocenters. The maximum Gasteiger partial charge on any atom is 0.271 e. The Bertz CT molecular complexity index is 1060. The molecule has 3 rings (SSSR count). The molecule has 0 aliphatic carbocycles. The minimum Gasteiger partial charge on any atom is -0.497 e. The number of anilines is 1. The lowest BCUT2D eigenvalue weighted by molar-refractivity contribution is -0.384. The SMILES string of the molecule is COc1ccc(/C=C(/C(=O)Nc2cc([N+](=O)[O-])ccc2C)c2ccccc2)cc1. The van der Waals surface area contributed by atoms with Gasteiger partial charge >= 0.3 is 0 Å². The second-order valence-electron chi connectivity index (χ2n) is 6.41. The third-order valence-electron chi connectivity index (χ3n) is 4.44. The highest BCUT2D eigenvalue weighted by atomic mass is 16.6. The molecular weight excluding hydrogens is 368 g/mol. The van der Waals surface area contributed by atoms with E-state index in [-0.39, 0.29) is 11.6 Å². The van der Waals surface area contributed by atoms with E-state index < -0.39 is 4.92 Å². The number of rotatable bonds is 6. The van der Waals surface area contributed by atoms with Gasteiger partial charge in [-0.1, -0.05) is 48.5 Å². The van der Waals surface area contributed by atoms with Crippen LogP contribution in [0.4, 0.5) is 11.4 Å². The average molecular weight is 388 g/mol. The molecule has 0 unspecified atom stereocenters. The van der Waals surface area contributed by atoms with Gasteiger partial charge in [0.25, 0.3) is 11.6 Å². The van der Waals surface area contributed by atoms with Gasteiger partial charge in [0.05, 0.1) is 17.7 Å². The molecule has 29 heavy (non-hydrogen) atoms. The molecule has 0 spiro atoms. The van der Waals surface area contributed by atoms with Crippen molar-refractivity contribution >= 4 is 28.9 Å². The number of hydrogen-bond donors (Lipinski definition) is 1. The van der Waals surface area contributed by atoms with Gasteiger partial charge in [0.15, 0.2) is 0 Å². The van der Waals surface area contributed by atoms with Crippen molar-refractivity contribution in [1.29, 1.82) is 0 Å². The molecule has 0 radical (unpaired) electrons. The standard InChI is InChI=1S/C23H20N2O4/c1-16-8-11-19(25(27)28)15-22(16)24-23(26)21(18-6-4-3-5-7-18)14-17-9-12-20(29-2)13-10-17/h3-15H,1-2H3,(H,24,26)/b21-14+. The van der Waals surface area contributed by atoms with Gasteiger partial charge < -0.3 is 10.1 Å². The lowest BCUT2D eigenvalue weighted by Gasteiger charge is -2.12. The minimum atomic E-state index is -0.486. The zero-order valence-corrected chi connectivity index (χ0v) is 16.1. The summed E-state index contributed by atoms with van der Waals surface area (Å²) in [5.74, 6) is 0.371. The molecule has 3 aromatic rings. The quantitative estimate of drug-likeness (QED) is 0.276. The number of nitrogens with zero attached hydrogens (tertiary/aromatic N) is 1. The molecule has 0 saturated heterocycles. The maximum absolute atomic E-state index is 13.1. The van der Waals surface area contributed by atoms with Crippen molar-refractivity contribution in [3.63, 3.8) is 0 Å². The van der Waals surface area contributed by atoms with Crippen LogP contribution in [0.1, 0.15) is 16.7 Å². The summed E-state index contributed by atoms with van der Waals surface area (Å²) in [4.78, 5) is 23.7. The first kappa shape index (κ1) is 19.8. The Morgan fingerprint density at radius 2 is 1.72 bits per heavy atom. The van der Waals surface area contributed by atoms with Crippen molar-refractivity contribution in [2.24, 2.45) is 0 Å². The first-order valence-corrected chi connectivity index (χ1v) is 8.95. The Balaban J connectivity index is 1.98. The summed E-state index contributed by atoms with van der Waals surface area (Å²) < 4.78 is 5.17. The van der Waals surface area contributed by atoms with Crippen molar-refractivity contribution in [1.82, 2.24) is 0 Å². The van der Waals surface area contributed by atoms with E-state index in [9.17, 15) is 14.9 Å². The summed E-state index contributed by atoms with van der Waals surface area (Å²) in [6, 6.07) is 21.0. The van der Waals surface area contributed by atoms with E-state index in [1.54, 1.807) is 26.2 Å². The van der Waals surface area contributed by atoms with Gasteiger partial charge in [-0.3, -0.25) is 14.9 Å². The Morgan fingerprint density at radius 1 is 1.03 bits per heavy atom. The van der Waals surface area contributed by atoms with E-state index in [0.717, 1.165) is 22.4 Å². The van der Waals surface area contributed by atoms with E-state index in [2.05, 4.69) is 5.32 Å². The number of nitrogens with one attached hydrogen (secondary N) is 1. The predicted octanol–water partition coefficient (Wildman–Crippen LogP) is 5.09. The fraction of sp³-hybridized carbons (Fsp3) is 0.0870. The van der Waals surface area contributed by atoms with Gasteiger partial charge in [-0.2, -0.15) is 0 Å². The monoisotopic (exact) mass is 388 g/mol. The number of methoxy groups -OCH3 is 1. The van der Waals surface area contributed by atoms with Crippen molar-refractivity contribution in [2.75, 3.05) is 12.4 Å². The molecule has 0 bridgehead atoms. The molecule has 0 heterocycles. The largest absolute Gasteiger partial charge is 0.497 e. The summed E-state index contributed by atoms with van der Waals surface area (Å²) in [7, 11) is 1.59. The number of aryl methyl sites for hydroxylation is 1. The van der Waals surface area contributed by atoms with Crippen LogP contribution in [-0.2, 0) is 4.79 Å². The molecule has 6 heteroatoms. The van der Waals surface area contributed by atoms with Crippen molar-refractivity contribution < 1.29 is 14.5 Å². The van der Waals surface area contributed by atoms with Crippen LogP contribution >= 0.6 is 0 Å². The molecule has 0 aromatic heterocycles. The number of ether oxygens (including phenoxy) is 1. The van der Waals surface area contributed by atoms with Crippen molar-refractivity contribution in [3.05, 3.63) is 99.6 Å². The van der Waals surface area contributed by atoms with Crippen LogP contribution in [0.3, 0.4) is 0 Å². The summed E-state index contributed by atoms with van der Waals surface area (Å²) in [5, 5.41) is 13.9. The van der Waals surface area contributed by atoms with Gasteiger partial charge in [0.2, 0.25) is 0 Å². The van der Waals surface area contributed by atoms with Crippen LogP contribution in [0.2, 0.25) is 0 Å². The lowest BCUT2D eigenvalue weighted by atomic mass is 10.0. The van der Waals surface area contributed by atoms with E-state index in [0.29, 0.717) is 11.3 Å². The minimum absolute atomic E-state index is 0.0775. The predicted molar refractivity (Wildman–Crippen MR) is 114 cm³/mol. The highest BCUT2D eigenvalue weighted by Gasteiger charge is 2.16. The smallest absolute Gasteiger partial charge is 0.271 e. The Labute approximate surface area is 168 Å². The maximum atomic E-state index is 13.1. The van der Waals surface area contributed by atoms with Gasteiger partial charge in [-0.15, -0.1) is 0 Å². The third kappa shape index (κ3) is 4.87. The number of amides is 1. The van der Waals surface area contributed by atoms with Gasteiger partial charge in [0, 0.05) is 17.7 Å². The topological polar surface area (TPSA) is 81.5 Å². The molecule has 0 fully saturated rings. The summed E-state index contributed by atoms with van der Waals surface area (Å²) in [6.07, 6.45) is 1.77. The molecule has 0 aliphatic rings. The van der Waals surface area contributed by atoms with Crippen LogP contribution in [0.5, 0.6) is 5.75 Å². The second-order valence-corrected chi connectivity index (χ2v) is 6.41. The Morgan fingerprint density at radius 3 is 2.34 bits per heavy atom. The highest BCUT2D eigenvalue weighted by Crippen LogP contribution is 2.25. The molecule has 0 saturated carbocycles. The van der Waals surface area contributed by atoms with Crippen molar-refractivity contribution in [3.8, 4) is 5.75 Å². The Hall–Kier alpha value is -3.93. The zero-order chi connectivity index (χ0) is 20.8. The number of hydrogen-bond acceptors (Lipinski definition) is 4. The van der Waals surface area contributed by atoms with Crippen LogP contribution in [0.15, 0.2) is 72.8 Å². The number of carbonyl (C=O) groups is 1. The highest BCUT2D eigenvalue weighted by molar-refractivity contribution is 6.29. The fourth-order valence-electron chi connectivity index (χ4n) is 2.81. The van der Waals surface area contributed by atoms with Crippen molar-refractivity contribution in [2.45, 2.75) is 6.92 Å². The number of nitro groups is 1. The summed E-state index contributed by atoms with van der Waals surface area (Å²) in [5.41, 5.74) is 3.08. The van der Waals surface area contributed by atoms with Gasteiger partial charge in [-0.05, 0) is 41.8 Å². The van der Waals surface area contributed by atoms with E-state index in [1.807, 2.05) is 54.6 Å². The number of carbonyl (C=O) groups excluding carboxylic acids is 1. The van der Waals surface area contributed by atoms with Gasteiger partial charge in [-0.25, -0.2) is 0 Å². The fourth-order valence-corrected chi connectivity index (χ4v) is 2.81. The first-order valence-electron chi connectivity index (χ1n) is 8.95. The van der Waals surface area contributed by atoms with Gasteiger partial charge in [0.1, 0.15) is 5.75 Å². The second kappa shape index (κ2) is 8.84. The number of non-ortho nitro benzene ring substituents is 1. The molecule has 3 aromatic carbocycles. The molecule has 0 aliphatic heterocycles. The molecular formula is C23H20N2O4. The van der Waals surface area contributed by atoms with Crippen LogP contribution in [0.25, 0.3) is 11.6 Å². The summed E-state index contributed by atoms with van der Waals surface area (Å²) in [6.45, 7) is 1.79. The first-order chi connectivity index (χ1) is 14.0. The van der Waals surface area contributed by atoms with E-state index in [4.69, 9.17) is 4.74 Å². The summed E-state index contributed by atoms with van der Waals surface area (Å²) >= 11 is 0. The van der Waals surface area contributed by atoms with E-state index in [1.165, 1.54) is 12.1 Å². The lowest BCUT2D eigenvalue weighted by Crippen LogP contribution is -2.14. The molecule has 1 amide bonds. The van der Waals surface area contributed by atoms with Crippen LogP contribution < -0.4 is 10.1 Å². The van der Waals surface area contributed by atoms with E-state index >= 15 is 0 Å². The average Bonchev–Trinajstić information content (AvgIpc) is 2.74. The number of benzene rings is 3.